The van der Waals surface area contributed by atoms with Gasteiger partial charge in [-0.25, -0.2) is 0 Å². The third kappa shape index (κ3) is 2.87. The Labute approximate surface area is 121 Å². The number of aromatic nitrogens is 2. The van der Waals surface area contributed by atoms with Crippen LogP contribution in [0.3, 0.4) is 0 Å². The van der Waals surface area contributed by atoms with E-state index in [-0.39, 0.29) is 5.54 Å². The van der Waals surface area contributed by atoms with E-state index >= 15 is 0 Å². The molecule has 0 spiro atoms. The van der Waals surface area contributed by atoms with Crippen molar-refractivity contribution < 1.29 is 5.11 Å². The van der Waals surface area contributed by atoms with E-state index < -0.39 is 0 Å². The molecule has 1 N–H and O–H groups in total. The zero-order valence-corrected chi connectivity index (χ0v) is 12.8. The normalized spacial score (nSPS) is 11.8. The fourth-order valence-electron chi connectivity index (χ4n) is 2.31. The molecule has 1 aromatic heterocycles. The third-order valence-electron chi connectivity index (χ3n) is 3.38. The Bertz CT molecular complexity index is 565. The lowest BCUT2D eigenvalue weighted by Gasteiger charge is -2.22. The summed E-state index contributed by atoms with van der Waals surface area (Å²) in [7, 11) is 0. The van der Waals surface area contributed by atoms with Crippen LogP contribution in [0, 0.1) is 0 Å². The molecule has 0 saturated heterocycles. The van der Waals surface area contributed by atoms with Crippen LogP contribution in [0.15, 0.2) is 30.3 Å². The van der Waals surface area contributed by atoms with Gasteiger partial charge in [0.1, 0.15) is 11.4 Å². The van der Waals surface area contributed by atoms with E-state index in [1.54, 1.807) is 0 Å². The molecule has 2 aromatic rings. The van der Waals surface area contributed by atoms with Crippen LogP contribution in [-0.2, 0) is 12.0 Å². The summed E-state index contributed by atoms with van der Waals surface area (Å²) in [6.07, 6.45) is 2.97. The summed E-state index contributed by atoms with van der Waals surface area (Å²) < 4.78 is 1.95. The van der Waals surface area contributed by atoms with Crippen molar-refractivity contribution in [3.8, 4) is 17.0 Å². The SMILES string of the molecule is CCCCc1nn(C(C)(C)C)c(-c2ccccc2)c1O. The van der Waals surface area contributed by atoms with Gasteiger partial charge < -0.3 is 5.11 Å². The lowest BCUT2D eigenvalue weighted by atomic mass is 10.1. The average molecular weight is 272 g/mol. The fourth-order valence-corrected chi connectivity index (χ4v) is 2.31. The molecule has 108 valence electrons. The summed E-state index contributed by atoms with van der Waals surface area (Å²) in [6, 6.07) is 9.99. The molecule has 3 nitrogen and oxygen atoms in total. The average Bonchev–Trinajstić information content (AvgIpc) is 2.74. The van der Waals surface area contributed by atoms with Gasteiger partial charge in [0, 0.05) is 5.56 Å². The van der Waals surface area contributed by atoms with E-state index in [0.29, 0.717) is 5.75 Å². The molecule has 0 saturated carbocycles. The van der Waals surface area contributed by atoms with E-state index in [4.69, 9.17) is 0 Å². The minimum Gasteiger partial charge on any atom is -0.504 e. The molecule has 0 fully saturated rings. The predicted molar refractivity (Wildman–Crippen MR) is 82.9 cm³/mol. The summed E-state index contributed by atoms with van der Waals surface area (Å²) in [4.78, 5) is 0. The lowest BCUT2D eigenvalue weighted by Crippen LogP contribution is -2.24. The first-order chi connectivity index (χ1) is 9.45. The van der Waals surface area contributed by atoms with Crippen LogP contribution in [-0.4, -0.2) is 14.9 Å². The summed E-state index contributed by atoms with van der Waals surface area (Å²) in [5.41, 5.74) is 2.48. The van der Waals surface area contributed by atoms with Gasteiger partial charge in [-0.15, -0.1) is 0 Å². The molecule has 1 heterocycles. The molecule has 0 unspecified atom stereocenters. The van der Waals surface area contributed by atoms with Gasteiger partial charge in [0.05, 0.1) is 5.54 Å². The highest BCUT2D eigenvalue weighted by molar-refractivity contribution is 5.68. The van der Waals surface area contributed by atoms with Crippen molar-refractivity contribution in [2.45, 2.75) is 52.5 Å². The molecule has 20 heavy (non-hydrogen) atoms. The van der Waals surface area contributed by atoms with Crippen molar-refractivity contribution in [1.82, 2.24) is 9.78 Å². The van der Waals surface area contributed by atoms with Crippen LogP contribution in [0.1, 0.15) is 46.2 Å². The highest BCUT2D eigenvalue weighted by Gasteiger charge is 2.25. The number of aromatic hydroxyl groups is 1. The number of nitrogens with zero attached hydrogens (tertiary/aromatic N) is 2. The first-order valence-corrected chi connectivity index (χ1v) is 7.32. The number of rotatable bonds is 4. The van der Waals surface area contributed by atoms with Crippen molar-refractivity contribution in [3.05, 3.63) is 36.0 Å². The van der Waals surface area contributed by atoms with Gasteiger partial charge in [0.15, 0.2) is 5.75 Å². The second-order valence-corrected chi connectivity index (χ2v) is 6.20. The molecule has 0 bridgehead atoms. The monoisotopic (exact) mass is 272 g/mol. The molecule has 2 rings (SSSR count). The number of hydrogen-bond acceptors (Lipinski definition) is 2. The second-order valence-electron chi connectivity index (χ2n) is 6.20. The maximum Gasteiger partial charge on any atom is 0.164 e. The van der Waals surface area contributed by atoms with Crippen LogP contribution in [0.4, 0.5) is 0 Å². The Morgan fingerprint density at radius 1 is 1.15 bits per heavy atom. The van der Waals surface area contributed by atoms with Gasteiger partial charge in [-0.2, -0.15) is 5.10 Å². The summed E-state index contributed by atoms with van der Waals surface area (Å²) in [5.74, 6) is 0.333. The number of unbranched alkanes of at least 4 members (excludes halogenated alkanes) is 1. The first kappa shape index (κ1) is 14.6. The molecular weight excluding hydrogens is 248 g/mol. The molecule has 0 aliphatic carbocycles. The van der Waals surface area contributed by atoms with Gasteiger partial charge in [-0.1, -0.05) is 43.7 Å². The molecule has 0 amide bonds. The van der Waals surface area contributed by atoms with Crippen molar-refractivity contribution in [2.24, 2.45) is 0 Å². The van der Waals surface area contributed by atoms with Crippen LogP contribution in [0.25, 0.3) is 11.3 Å². The maximum atomic E-state index is 10.6. The summed E-state index contributed by atoms with van der Waals surface area (Å²) >= 11 is 0. The van der Waals surface area contributed by atoms with E-state index in [2.05, 4.69) is 32.8 Å². The molecular formula is C17H24N2O. The molecule has 0 aliphatic heterocycles. The molecule has 0 aliphatic rings. The Hall–Kier alpha value is -1.77. The van der Waals surface area contributed by atoms with Crippen LogP contribution in [0.5, 0.6) is 5.75 Å². The van der Waals surface area contributed by atoms with Gasteiger partial charge >= 0.3 is 0 Å². The topological polar surface area (TPSA) is 38.0 Å². The Kier molecular flexibility index (Phi) is 4.17. The van der Waals surface area contributed by atoms with Crippen molar-refractivity contribution >= 4 is 0 Å². The quantitative estimate of drug-likeness (QED) is 0.898. The third-order valence-corrected chi connectivity index (χ3v) is 3.38. The van der Waals surface area contributed by atoms with Crippen molar-refractivity contribution in [2.75, 3.05) is 0 Å². The second kappa shape index (κ2) is 5.70. The molecule has 0 radical (unpaired) electrons. The van der Waals surface area contributed by atoms with Gasteiger partial charge in [-0.3, -0.25) is 4.68 Å². The van der Waals surface area contributed by atoms with E-state index in [0.717, 1.165) is 36.2 Å². The lowest BCUT2D eigenvalue weighted by molar-refractivity contribution is 0.356. The predicted octanol–water partition coefficient (Wildman–Crippen LogP) is 4.35. The Morgan fingerprint density at radius 3 is 2.35 bits per heavy atom. The number of hydrogen-bond donors (Lipinski definition) is 1. The summed E-state index contributed by atoms with van der Waals surface area (Å²) in [5, 5.41) is 15.2. The van der Waals surface area contributed by atoms with E-state index in [1.807, 2.05) is 35.0 Å². The first-order valence-electron chi connectivity index (χ1n) is 7.32. The highest BCUT2D eigenvalue weighted by atomic mass is 16.3. The highest BCUT2D eigenvalue weighted by Crippen LogP contribution is 2.36. The van der Waals surface area contributed by atoms with Gasteiger partial charge in [0.2, 0.25) is 0 Å². The fraction of sp³-hybridized carbons (Fsp3) is 0.471. The Morgan fingerprint density at radius 2 is 1.80 bits per heavy atom. The van der Waals surface area contributed by atoms with Crippen LogP contribution < -0.4 is 0 Å². The van der Waals surface area contributed by atoms with Crippen LogP contribution >= 0.6 is 0 Å². The van der Waals surface area contributed by atoms with Crippen LogP contribution in [0.2, 0.25) is 0 Å². The Balaban J connectivity index is 2.56. The maximum absolute atomic E-state index is 10.6. The number of aryl methyl sites for hydroxylation is 1. The van der Waals surface area contributed by atoms with E-state index in [9.17, 15) is 5.11 Å². The molecule has 0 atom stereocenters. The van der Waals surface area contributed by atoms with Gasteiger partial charge in [-0.05, 0) is 33.6 Å². The largest absolute Gasteiger partial charge is 0.504 e. The zero-order chi connectivity index (χ0) is 14.8. The summed E-state index contributed by atoms with van der Waals surface area (Å²) in [6.45, 7) is 8.47. The molecule has 1 aromatic carbocycles. The van der Waals surface area contributed by atoms with Gasteiger partial charge in [0.25, 0.3) is 0 Å². The minimum absolute atomic E-state index is 0.160. The van der Waals surface area contributed by atoms with Crippen molar-refractivity contribution in [3.63, 3.8) is 0 Å². The molecule has 3 heteroatoms. The number of benzene rings is 1. The zero-order valence-electron chi connectivity index (χ0n) is 12.8. The minimum atomic E-state index is -0.160. The van der Waals surface area contributed by atoms with Crippen molar-refractivity contribution in [1.29, 1.82) is 0 Å². The van der Waals surface area contributed by atoms with E-state index in [1.165, 1.54) is 0 Å². The standard InChI is InChI=1S/C17H24N2O/c1-5-6-12-14-16(20)15(13-10-8-7-9-11-13)19(18-14)17(2,3)4/h7-11,20H,5-6,12H2,1-4H3. The smallest absolute Gasteiger partial charge is 0.164 e.